The van der Waals surface area contributed by atoms with Crippen LogP contribution in [0.5, 0.6) is 0 Å². The maximum Gasteiger partial charge on any atom is 2.00 e. The zero-order chi connectivity index (χ0) is 10.2. The van der Waals surface area contributed by atoms with Crippen LogP contribution in [0.3, 0.4) is 0 Å². The van der Waals surface area contributed by atoms with Gasteiger partial charge in [-0.1, -0.05) is 0 Å². The molecule has 0 aromatic carbocycles. The Morgan fingerprint density at radius 2 is 0.933 bits per heavy atom. The molecule has 2 rings (SSSR count). The molecule has 0 N–H and O–H groups in total. The van der Waals surface area contributed by atoms with Gasteiger partial charge in [-0.2, -0.15) is 0 Å². The van der Waals surface area contributed by atoms with Crippen LogP contribution in [0.2, 0.25) is 0 Å². The van der Waals surface area contributed by atoms with E-state index in [2.05, 4.69) is 45.2 Å². The Bertz CT molecular complexity index is 322. The Morgan fingerprint density at radius 1 is 0.667 bits per heavy atom. The molecule has 7 heteroatoms. The second-order valence-corrected chi connectivity index (χ2v) is 2.79. The van der Waals surface area contributed by atoms with Crippen molar-refractivity contribution in [1.82, 2.24) is 19.9 Å². The van der Waals surface area contributed by atoms with Gasteiger partial charge in [-0.05, 0) is 12.1 Å². The van der Waals surface area contributed by atoms with Crippen LogP contribution >= 0.6 is 0 Å². The average Bonchev–Trinajstić information content (AvgIpc) is 2.21. The molecule has 0 aliphatic carbocycles. The summed E-state index contributed by atoms with van der Waals surface area (Å²) >= 11 is 9.18. The van der Waals surface area contributed by atoms with Crippen LogP contribution in [0.1, 0.15) is 0 Å². The topological polar surface area (TPSA) is 51.6 Å². The number of rotatable bonds is 0. The largest absolute Gasteiger partial charge is 2.00 e. The van der Waals surface area contributed by atoms with E-state index in [0.29, 0.717) is 10.3 Å². The molecular weight excluding hydrogens is 282 g/mol. The Kier molecular flexibility index (Phi) is 8.08. The van der Waals surface area contributed by atoms with Gasteiger partial charge in [0.05, 0.1) is 0 Å². The third-order valence-corrected chi connectivity index (χ3v) is 1.51. The molecule has 2 aromatic rings. The Balaban J connectivity index is 0.000000245. The van der Waals surface area contributed by atoms with Gasteiger partial charge in [-0.25, -0.2) is 0 Å². The molecule has 15 heavy (non-hydrogen) atoms. The van der Waals surface area contributed by atoms with Crippen molar-refractivity contribution < 1.29 is 19.5 Å². The van der Waals surface area contributed by atoms with E-state index in [0.717, 1.165) is 0 Å². The molecule has 0 atom stereocenters. The quantitative estimate of drug-likeness (QED) is 0.405. The van der Waals surface area contributed by atoms with Gasteiger partial charge in [0.15, 0.2) is 0 Å². The molecule has 0 spiro atoms. The van der Waals surface area contributed by atoms with Crippen molar-refractivity contribution >= 4 is 25.3 Å². The molecule has 0 unspecified atom stereocenters. The van der Waals surface area contributed by atoms with Gasteiger partial charge in [0.1, 0.15) is 0 Å². The monoisotopic (exact) mass is 286 g/mol. The molecule has 2 heterocycles. The molecule has 0 aliphatic rings. The van der Waals surface area contributed by atoms with Crippen LogP contribution in [0.15, 0.2) is 47.2 Å². The van der Waals surface area contributed by atoms with Gasteiger partial charge in [0.25, 0.3) is 0 Å². The molecule has 2 aromatic heterocycles. The molecule has 0 bridgehead atoms. The summed E-state index contributed by atoms with van der Waals surface area (Å²) in [7, 11) is 0. The number of nitrogens with zero attached hydrogens (tertiary/aromatic N) is 4. The molecule has 0 radical (unpaired) electrons. The predicted octanol–water partition coefficient (Wildman–Crippen LogP) is 0.762. The van der Waals surface area contributed by atoms with Gasteiger partial charge in [-0.3, -0.25) is 19.9 Å². The van der Waals surface area contributed by atoms with Crippen LogP contribution in [-0.2, 0) is 44.7 Å². The van der Waals surface area contributed by atoms with Crippen LogP contribution < -0.4 is 0 Å². The Morgan fingerprint density at radius 3 is 1.07 bits per heavy atom. The summed E-state index contributed by atoms with van der Waals surface area (Å²) in [5.74, 6) is 0. The molecule has 0 amide bonds. The summed E-state index contributed by atoms with van der Waals surface area (Å²) in [5, 5.41) is 0.810. The molecule has 0 saturated heterocycles. The third kappa shape index (κ3) is 7.19. The minimum Gasteiger partial charge on any atom is -0.740 e. The molecular formula is C8H6N4S2Zn. The maximum absolute atomic E-state index is 4.59. The second kappa shape index (κ2) is 8.53. The van der Waals surface area contributed by atoms with Crippen molar-refractivity contribution in [3.8, 4) is 0 Å². The Labute approximate surface area is 112 Å². The number of hydrogen-bond donors (Lipinski definition) is 0. The minimum atomic E-state index is 0. The van der Waals surface area contributed by atoms with E-state index in [9.17, 15) is 0 Å². The van der Waals surface area contributed by atoms with E-state index in [1.165, 1.54) is 0 Å². The summed E-state index contributed by atoms with van der Waals surface area (Å²) in [5.41, 5.74) is 0. The van der Waals surface area contributed by atoms with Crippen molar-refractivity contribution in [2.45, 2.75) is 10.3 Å². The predicted molar refractivity (Wildman–Crippen MR) is 55.3 cm³/mol. The van der Waals surface area contributed by atoms with Crippen molar-refractivity contribution in [1.29, 1.82) is 0 Å². The first-order valence-corrected chi connectivity index (χ1v) is 4.49. The van der Waals surface area contributed by atoms with E-state index in [1.54, 1.807) is 36.9 Å². The first-order valence-electron chi connectivity index (χ1n) is 3.67. The zero-order valence-corrected chi connectivity index (χ0v) is 12.4. The smallest absolute Gasteiger partial charge is 0.740 e. The van der Waals surface area contributed by atoms with Gasteiger partial charge in [-0.15, -0.1) is 0 Å². The van der Waals surface area contributed by atoms with Gasteiger partial charge >= 0.3 is 19.5 Å². The van der Waals surface area contributed by atoms with E-state index < -0.39 is 0 Å². The van der Waals surface area contributed by atoms with Gasteiger partial charge < -0.3 is 25.3 Å². The maximum atomic E-state index is 4.59. The van der Waals surface area contributed by atoms with Gasteiger partial charge in [0, 0.05) is 35.1 Å². The summed E-state index contributed by atoms with van der Waals surface area (Å²) in [6, 6.07) is 3.46. The first-order chi connectivity index (χ1) is 6.79. The van der Waals surface area contributed by atoms with E-state index in [1.807, 2.05) is 0 Å². The molecule has 0 aliphatic heterocycles. The SMILES string of the molecule is [S-]c1ncccn1.[S-]c1ncccn1.[Zn+2]. The van der Waals surface area contributed by atoms with E-state index in [4.69, 9.17) is 0 Å². The fourth-order valence-corrected chi connectivity index (χ4v) is 0.814. The Hall–Kier alpha value is -0.777. The summed E-state index contributed by atoms with van der Waals surface area (Å²) in [4.78, 5) is 14.7. The molecule has 0 saturated carbocycles. The van der Waals surface area contributed by atoms with E-state index in [-0.39, 0.29) is 19.5 Å². The molecule has 4 nitrogen and oxygen atoms in total. The van der Waals surface area contributed by atoms with Crippen molar-refractivity contribution in [2.24, 2.45) is 0 Å². The second-order valence-electron chi connectivity index (χ2n) is 2.06. The molecule has 72 valence electrons. The summed E-state index contributed by atoms with van der Waals surface area (Å²) < 4.78 is 0. The third-order valence-electron chi connectivity index (χ3n) is 1.08. The number of aromatic nitrogens is 4. The van der Waals surface area contributed by atoms with E-state index >= 15 is 0 Å². The number of hydrogen-bond acceptors (Lipinski definition) is 6. The fraction of sp³-hybridized carbons (Fsp3) is 0. The van der Waals surface area contributed by atoms with Gasteiger partial charge in [0.2, 0.25) is 0 Å². The van der Waals surface area contributed by atoms with Crippen molar-refractivity contribution in [3.05, 3.63) is 36.9 Å². The van der Waals surface area contributed by atoms with Crippen LogP contribution in [0, 0.1) is 0 Å². The standard InChI is InChI=1S/2C4H4N2S.Zn/c2*7-4-5-2-1-3-6-4;/h2*1-3H,(H,5,6,7);/q;;+2/p-2. The fourth-order valence-electron chi connectivity index (χ4n) is 0.571. The van der Waals surface area contributed by atoms with Crippen molar-refractivity contribution in [3.63, 3.8) is 0 Å². The first kappa shape index (κ1) is 14.2. The summed E-state index contributed by atoms with van der Waals surface area (Å²) in [6.45, 7) is 0. The van der Waals surface area contributed by atoms with Crippen LogP contribution in [0.25, 0.3) is 0 Å². The molecule has 0 fully saturated rings. The van der Waals surface area contributed by atoms with Crippen LogP contribution in [0.4, 0.5) is 0 Å². The summed E-state index contributed by atoms with van der Waals surface area (Å²) in [6.07, 6.45) is 6.48. The average molecular weight is 288 g/mol. The minimum absolute atomic E-state index is 0. The zero-order valence-electron chi connectivity index (χ0n) is 7.78. The van der Waals surface area contributed by atoms with Crippen molar-refractivity contribution in [2.75, 3.05) is 0 Å². The normalized spacial score (nSPS) is 8.00. The van der Waals surface area contributed by atoms with Crippen LogP contribution in [-0.4, -0.2) is 19.9 Å².